The largest absolute Gasteiger partial charge is 0.374 e. The van der Waals surface area contributed by atoms with Gasteiger partial charge in [-0.15, -0.1) is 0 Å². The molecule has 1 N–H and O–H groups in total. The van der Waals surface area contributed by atoms with Gasteiger partial charge in [-0.2, -0.15) is 0 Å². The van der Waals surface area contributed by atoms with Gasteiger partial charge in [-0.3, -0.25) is 0 Å². The van der Waals surface area contributed by atoms with E-state index in [1.54, 1.807) is 0 Å². The summed E-state index contributed by atoms with van der Waals surface area (Å²) in [7, 11) is 1.51. The number of rotatable bonds is 6. The van der Waals surface area contributed by atoms with Gasteiger partial charge < -0.3 is 10.1 Å². The molecule has 0 aliphatic rings. The van der Waals surface area contributed by atoms with Crippen LogP contribution in [0.1, 0.15) is 11.6 Å². The Balaban J connectivity index is 2.69. The fraction of sp³-hybridized carbons (Fsp3) is 0.455. The molecule has 2 nitrogen and oxygen atoms in total. The van der Waals surface area contributed by atoms with Crippen molar-refractivity contribution in [1.29, 1.82) is 0 Å². The van der Waals surface area contributed by atoms with Gasteiger partial charge in [0.1, 0.15) is 6.61 Å². The normalized spacial score (nSPS) is 13.1. The Labute approximate surface area is 96.6 Å². The Morgan fingerprint density at radius 2 is 1.94 bits per heavy atom. The third-order valence-electron chi connectivity index (χ3n) is 2.23. The third kappa shape index (κ3) is 3.98. The van der Waals surface area contributed by atoms with Gasteiger partial charge in [0.15, 0.2) is 11.6 Å². The zero-order chi connectivity index (χ0) is 12.8. The van der Waals surface area contributed by atoms with Crippen molar-refractivity contribution < 1.29 is 22.3 Å². The number of halogens is 4. The second-order valence-electron chi connectivity index (χ2n) is 3.41. The molecule has 0 spiro atoms. The average Bonchev–Trinajstić information content (AvgIpc) is 2.28. The first kappa shape index (κ1) is 13.9. The van der Waals surface area contributed by atoms with Gasteiger partial charge >= 0.3 is 0 Å². The second-order valence-corrected chi connectivity index (χ2v) is 3.41. The van der Waals surface area contributed by atoms with E-state index in [9.17, 15) is 17.6 Å². The molecule has 1 unspecified atom stereocenters. The summed E-state index contributed by atoms with van der Waals surface area (Å²) in [6.07, 6.45) is -2.58. The third-order valence-corrected chi connectivity index (χ3v) is 2.23. The molecule has 0 amide bonds. The minimum Gasteiger partial charge on any atom is -0.374 e. The summed E-state index contributed by atoms with van der Waals surface area (Å²) in [5, 5.41) is 2.68. The lowest BCUT2D eigenvalue weighted by Gasteiger charge is -2.17. The molecule has 0 fully saturated rings. The van der Waals surface area contributed by atoms with Crippen molar-refractivity contribution in [2.24, 2.45) is 0 Å². The van der Waals surface area contributed by atoms with E-state index in [4.69, 9.17) is 4.74 Å². The van der Waals surface area contributed by atoms with Crippen LogP contribution in [0, 0.1) is 11.6 Å². The second kappa shape index (κ2) is 6.56. The van der Waals surface area contributed by atoms with Crippen molar-refractivity contribution in [1.82, 2.24) is 5.32 Å². The summed E-state index contributed by atoms with van der Waals surface area (Å²) in [5.74, 6) is -1.97. The van der Waals surface area contributed by atoms with Gasteiger partial charge in [-0.05, 0) is 13.1 Å². The van der Waals surface area contributed by atoms with Crippen LogP contribution in [0.2, 0.25) is 0 Å². The van der Waals surface area contributed by atoms with Crippen LogP contribution < -0.4 is 5.32 Å². The fourth-order valence-electron chi connectivity index (χ4n) is 1.39. The summed E-state index contributed by atoms with van der Waals surface area (Å²) < 4.78 is 54.8. The molecule has 0 bridgehead atoms. The Morgan fingerprint density at radius 1 is 1.24 bits per heavy atom. The standard InChI is InChI=1S/C11H13F4NO/c1-16-9(5-17-6-10(13)14)7-3-2-4-8(12)11(7)15/h2-4,9-10,16H,5-6H2,1H3. The summed E-state index contributed by atoms with van der Waals surface area (Å²) >= 11 is 0. The van der Waals surface area contributed by atoms with E-state index in [0.29, 0.717) is 0 Å². The van der Waals surface area contributed by atoms with Crippen molar-refractivity contribution >= 4 is 0 Å². The lowest BCUT2D eigenvalue weighted by atomic mass is 10.1. The van der Waals surface area contributed by atoms with Gasteiger partial charge in [-0.25, -0.2) is 17.6 Å². The molecule has 0 saturated carbocycles. The highest BCUT2D eigenvalue weighted by Gasteiger charge is 2.17. The first-order valence-corrected chi connectivity index (χ1v) is 5.03. The molecule has 96 valence electrons. The van der Waals surface area contributed by atoms with Crippen molar-refractivity contribution in [2.45, 2.75) is 12.5 Å². The maximum Gasteiger partial charge on any atom is 0.261 e. The molecule has 6 heteroatoms. The molecule has 1 aromatic rings. The minimum absolute atomic E-state index is 0.0572. The lowest BCUT2D eigenvalue weighted by Crippen LogP contribution is -2.24. The van der Waals surface area contributed by atoms with Gasteiger partial charge in [0.2, 0.25) is 0 Å². The van der Waals surface area contributed by atoms with E-state index >= 15 is 0 Å². The summed E-state index contributed by atoms with van der Waals surface area (Å²) in [5.41, 5.74) is 0.0572. The highest BCUT2D eigenvalue weighted by Crippen LogP contribution is 2.19. The maximum absolute atomic E-state index is 13.4. The van der Waals surface area contributed by atoms with E-state index in [1.165, 1.54) is 19.2 Å². The van der Waals surface area contributed by atoms with E-state index in [0.717, 1.165) is 6.07 Å². The average molecular weight is 251 g/mol. The summed E-state index contributed by atoms with van der Waals surface area (Å²) in [6, 6.07) is 3.06. The number of benzene rings is 1. The Bertz CT molecular complexity index is 359. The molecule has 1 atom stereocenters. The zero-order valence-electron chi connectivity index (χ0n) is 9.22. The van der Waals surface area contributed by atoms with Crippen LogP contribution in [0.25, 0.3) is 0 Å². The molecular weight excluding hydrogens is 238 g/mol. The fourth-order valence-corrected chi connectivity index (χ4v) is 1.39. The first-order chi connectivity index (χ1) is 8.06. The van der Waals surface area contributed by atoms with Crippen LogP contribution in [0.5, 0.6) is 0 Å². The smallest absolute Gasteiger partial charge is 0.261 e. The molecule has 1 rings (SSSR count). The van der Waals surface area contributed by atoms with Crippen LogP contribution in [0.3, 0.4) is 0 Å². The van der Waals surface area contributed by atoms with Crippen molar-refractivity contribution in [2.75, 3.05) is 20.3 Å². The SMILES string of the molecule is CNC(COCC(F)F)c1cccc(F)c1F. The zero-order valence-corrected chi connectivity index (χ0v) is 9.22. The van der Waals surface area contributed by atoms with Crippen LogP contribution >= 0.6 is 0 Å². The molecule has 0 aliphatic heterocycles. The van der Waals surface area contributed by atoms with E-state index in [1.807, 2.05) is 0 Å². The molecule has 0 aromatic heterocycles. The summed E-state index contributed by atoms with van der Waals surface area (Å²) in [6.45, 7) is -0.879. The van der Waals surface area contributed by atoms with Gasteiger partial charge in [0, 0.05) is 5.56 Å². The molecule has 0 heterocycles. The maximum atomic E-state index is 13.4. The number of ether oxygens (including phenoxy) is 1. The van der Waals surface area contributed by atoms with Crippen LogP contribution in [-0.4, -0.2) is 26.7 Å². The number of hydrogen-bond acceptors (Lipinski definition) is 2. The minimum atomic E-state index is -2.58. The first-order valence-electron chi connectivity index (χ1n) is 5.03. The van der Waals surface area contributed by atoms with Crippen LogP contribution in [0.15, 0.2) is 18.2 Å². The summed E-state index contributed by atoms with van der Waals surface area (Å²) in [4.78, 5) is 0. The molecule has 0 saturated heterocycles. The molecule has 17 heavy (non-hydrogen) atoms. The highest BCUT2D eigenvalue weighted by atomic mass is 19.3. The van der Waals surface area contributed by atoms with Gasteiger partial charge in [0.25, 0.3) is 6.43 Å². The van der Waals surface area contributed by atoms with Gasteiger partial charge in [0.05, 0.1) is 12.6 Å². The van der Waals surface area contributed by atoms with Crippen molar-refractivity contribution in [3.05, 3.63) is 35.4 Å². The lowest BCUT2D eigenvalue weighted by molar-refractivity contribution is 0.00952. The number of hydrogen-bond donors (Lipinski definition) is 1. The Morgan fingerprint density at radius 3 is 2.53 bits per heavy atom. The quantitative estimate of drug-likeness (QED) is 0.784. The van der Waals surface area contributed by atoms with Crippen molar-refractivity contribution in [3.63, 3.8) is 0 Å². The predicted octanol–water partition coefficient (Wildman–Crippen LogP) is 2.51. The molecular formula is C11H13F4NO. The molecule has 0 aliphatic carbocycles. The van der Waals surface area contributed by atoms with Gasteiger partial charge in [-0.1, -0.05) is 12.1 Å². The Hall–Kier alpha value is -1.14. The van der Waals surface area contributed by atoms with E-state index < -0.39 is 30.7 Å². The predicted molar refractivity (Wildman–Crippen MR) is 55.0 cm³/mol. The number of likely N-dealkylation sites (N-methyl/N-ethyl adjacent to an activating group) is 1. The highest BCUT2D eigenvalue weighted by molar-refractivity contribution is 5.22. The molecule has 1 aromatic carbocycles. The van der Waals surface area contributed by atoms with Crippen LogP contribution in [-0.2, 0) is 4.74 Å². The van der Waals surface area contributed by atoms with E-state index in [2.05, 4.69) is 5.32 Å². The number of alkyl halides is 2. The Kier molecular flexibility index (Phi) is 5.37. The number of nitrogens with one attached hydrogen (secondary N) is 1. The van der Waals surface area contributed by atoms with E-state index in [-0.39, 0.29) is 12.2 Å². The molecule has 0 radical (unpaired) electrons. The van der Waals surface area contributed by atoms with Crippen LogP contribution in [0.4, 0.5) is 17.6 Å². The van der Waals surface area contributed by atoms with Crippen molar-refractivity contribution in [3.8, 4) is 0 Å². The monoisotopic (exact) mass is 251 g/mol. The topological polar surface area (TPSA) is 21.3 Å².